The second-order valence-corrected chi connectivity index (χ2v) is 4.95. The van der Waals surface area contributed by atoms with Crippen LogP contribution in [0.4, 0.5) is 0 Å². The normalized spacial score (nSPS) is 10.4. The summed E-state index contributed by atoms with van der Waals surface area (Å²) in [5.41, 5.74) is 1.54. The molecule has 0 aliphatic carbocycles. The van der Waals surface area contributed by atoms with Crippen LogP contribution in [0.5, 0.6) is 0 Å². The van der Waals surface area contributed by atoms with Crippen LogP contribution in [0.2, 0.25) is 5.02 Å². The van der Waals surface area contributed by atoms with Gasteiger partial charge in [-0.1, -0.05) is 11.6 Å². The highest BCUT2D eigenvalue weighted by Gasteiger charge is 2.11. The van der Waals surface area contributed by atoms with Gasteiger partial charge >= 0.3 is 0 Å². The zero-order valence-corrected chi connectivity index (χ0v) is 11.2. The smallest absolute Gasteiger partial charge is 0.168 e. The molecule has 2 rings (SSSR count). The summed E-state index contributed by atoms with van der Waals surface area (Å²) in [5, 5.41) is 0.580. The van der Waals surface area contributed by atoms with Crippen molar-refractivity contribution in [1.29, 1.82) is 0 Å². The van der Waals surface area contributed by atoms with Crippen molar-refractivity contribution in [2.75, 3.05) is 0 Å². The summed E-state index contributed by atoms with van der Waals surface area (Å²) in [6, 6.07) is 7.10. The predicted octanol–water partition coefficient (Wildman–Crippen LogP) is 3.96. The van der Waals surface area contributed by atoms with Crippen LogP contribution in [-0.2, 0) is 6.42 Å². The molecule has 0 aliphatic heterocycles. The van der Waals surface area contributed by atoms with Gasteiger partial charge in [-0.25, -0.2) is 0 Å². The average Bonchev–Trinajstić information content (AvgIpc) is 2.74. The first kappa shape index (κ1) is 11.7. The molecule has 0 bridgehead atoms. The summed E-state index contributed by atoms with van der Waals surface area (Å²) >= 11 is 8.00. The lowest BCUT2D eigenvalue weighted by Crippen LogP contribution is -2.04. The van der Waals surface area contributed by atoms with E-state index in [1.165, 1.54) is 0 Å². The number of ketones is 1. The second-order valence-electron chi connectivity index (χ2n) is 3.36. The van der Waals surface area contributed by atoms with Gasteiger partial charge in [0.05, 0.1) is 12.5 Å². The topological polar surface area (TPSA) is 30.2 Å². The lowest BCUT2D eigenvalue weighted by Gasteiger charge is -2.03. The highest BCUT2D eigenvalue weighted by atomic mass is 127. The predicted molar refractivity (Wildman–Crippen MR) is 70.9 cm³/mol. The molecule has 2 nitrogen and oxygen atoms in total. The van der Waals surface area contributed by atoms with E-state index in [1.54, 1.807) is 30.7 Å². The van der Waals surface area contributed by atoms with Gasteiger partial charge in [0.2, 0.25) is 0 Å². The summed E-state index contributed by atoms with van der Waals surface area (Å²) in [6.45, 7) is 0. The minimum absolute atomic E-state index is 0.0494. The fourth-order valence-electron chi connectivity index (χ4n) is 1.39. The number of rotatable bonds is 3. The van der Waals surface area contributed by atoms with E-state index in [4.69, 9.17) is 16.0 Å². The molecule has 16 heavy (non-hydrogen) atoms. The van der Waals surface area contributed by atoms with Crippen molar-refractivity contribution in [3.63, 3.8) is 0 Å². The van der Waals surface area contributed by atoms with Crippen LogP contribution >= 0.6 is 34.2 Å². The molecule has 0 spiro atoms. The van der Waals surface area contributed by atoms with Gasteiger partial charge in [0.15, 0.2) is 5.78 Å². The molecule has 0 amide bonds. The number of hydrogen-bond acceptors (Lipinski definition) is 2. The van der Waals surface area contributed by atoms with Crippen molar-refractivity contribution >= 4 is 40.0 Å². The Morgan fingerprint density at radius 3 is 2.88 bits per heavy atom. The summed E-state index contributed by atoms with van der Waals surface area (Å²) in [7, 11) is 0. The minimum atomic E-state index is 0.0494. The van der Waals surface area contributed by atoms with Crippen molar-refractivity contribution in [3.8, 4) is 0 Å². The summed E-state index contributed by atoms with van der Waals surface area (Å²) in [4.78, 5) is 12.0. The molecular formula is C12H8ClIO2. The maximum absolute atomic E-state index is 12.0. The van der Waals surface area contributed by atoms with Gasteiger partial charge in [0.1, 0.15) is 0 Å². The van der Waals surface area contributed by atoms with Crippen LogP contribution in [0.1, 0.15) is 15.9 Å². The number of hydrogen-bond donors (Lipinski definition) is 0. The van der Waals surface area contributed by atoms with E-state index in [2.05, 4.69) is 22.6 Å². The first-order valence-electron chi connectivity index (χ1n) is 4.66. The third kappa shape index (κ3) is 2.65. The fourth-order valence-corrected chi connectivity index (χ4v) is 2.19. The van der Waals surface area contributed by atoms with E-state index in [-0.39, 0.29) is 5.78 Å². The fraction of sp³-hybridized carbons (Fsp3) is 0.0833. The summed E-state index contributed by atoms with van der Waals surface area (Å²) < 4.78 is 5.84. The molecule has 0 N–H and O–H groups in total. The SMILES string of the molecule is O=C(Cc1ccoc1)c1cc(Cl)ccc1I. The highest BCUT2D eigenvalue weighted by molar-refractivity contribution is 14.1. The molecule has 0 atom stereocenters. The Labute approximate surface area is 112 Å². The molecule has 1 aromatic carbocycles. The average molecular weight is 347 g/mol. The first-order chi connectivity index (χ1) is 7.66. The van der Waals surface area contributed by atoms with Crippen LogP contribution in [0.15, 0.2) is 41.2 Å². The first-order valence-corrected chi connectivity index (χ1v) is 6.12. The van der Waals surface area contributed by atoms with Crippen LogP contribution in [-0.4, -0.2) is 5.78 Å². The number of carbonyl (C=O) groups is 1. The van der Waals surface area contributed by atoms with E-state index in [0.717, 1.165) is 9.13 Å². The van der Waals surface area contributed by atoms with Crippen molar-refractivity contribution in [3.05, 3.63) is 56.5 Å². The van der Waals surface area contributed by atoms with Crippen LogP contribution in [0, 0.1) is 3.57 Å². The molecule has 2 aromatic rings. The quantitative estimate of drug-likeness (QED) is 0.622. The summed E-state index contributed by atoms with van der Waals surface area (Å²) in [6.07, 6.45) is 3.48. The van der Waals surface area contributed by atoms with Crippen molar-refractivity contribution in [1.82, 2.24) is 0 Å². The molecule has 1 heterocycles. The number of halogens is 2. The zero-order chi connectivity index (χ0) is 11.5. The van der Waals surface area contributed by atoms with E-state index in [0.29, 0.717) is 17.0 Å². The van der Waals surface area contributed by atoms with E-state index < -0.39 is 0 Å². The number of carbonyl (C=O) groups excluding carboxylic acids is 1. The molecule has 0 aliphatic rings. The monoisotopic (exact) mass is 346 g/mol. The Hall–Kier alpha value is -0.810. The second kappa shape index (κ2) is 5.01. The van der Waals surface area contributed by atoms with Gasteiger partial charge in [-0.3, -0.25) is 4.79 Å². The van der Waals surface area contributed by atoms with Gasteiger partial charge in [0, 0.05) is 20.6 Å². The maximum Gasteiger partial charge on any atom is 0.168 e. The Kier molecular flexibility index (Phi) is 3.66. The van der Waals surface area contributed by atoms with Crippen molar-refractivity contribution < 1.29 is 9.21 Å². The molecular weight excluding hydrogens is 338 g/mol. The molecule has 0 saturated carbocycles. The molecule has 1 aromatic heterocycles. The maximum atomic E-state index is 12.0. The Morgan fingerprint density at radius 1 is 1.38 bits per heavy atom. The van der Waals surface area contributed by atoms with Crippen molar-refractivity contribution in [2.45, 2.75) is 6.42 Å². The lowest BCUT2D eigenvalue weighted by molar-refractivity contribution is 0.0992. The van der Waals surface area contributed by atoms with E-state index in [1.807, 2.05) is 6.07 Å². The molecule has 0 unspecified atom stereocenters. The Bertz CT molecular complexity index is 506. The molecule has 0 radical (unpaired) electrons. The zero-order valence-electron chi connectivity index (χ0n) is 8.24. The third-order valence-corrected chi connectivity index (χ3v) is 3.35. The lowest BCUT2D eigenvalue weighted by atomic mass is 10.1. The van der Waals surface area contributed by atoms with Gasteiger partial charge < -0.3 is 4.42 Å². The number of benzene rings is 1. The third-order valence-electron chi connectivity index (χ3n) is 2.17. The largest absolute Gasteiger partial charge is 0.472 e. The Morgan fingerprint density at radius 2 is 2.19 bits per heavy atom. The highest BCUT2D eigenvalue weighted by Crippen LogP contribution is 2.19. The van der Waals surface area contributed by atoms with Crippen LogP contribution in [0.3, 0.4) is 0 Å². The van der Waals surface area contributed by atoms with Crippen LogP contribution in [0.25, 0.3) is 0 Å². The molecule has 0 fully saturated rings. The van der Waals surface area contributed by atoms with Gasteiger partial charge in [-0.05, 0) is 52.4 Å². The van der Waals surface area contributed by atoms with Gasteiger partial charge in [-0.15, -0.1) is 0 Å². The number of Topliss-reactive ketones (excluding diaryl/α,β-unsaturated/α-hetero) is 1. The Balaban J connectivity index is 2.24. The van der Waals surface area contributed by atoms with Gasteiger partial charge in [0.25, 0.3) is 0 Å². The molecule has 4 heteroatoms. The van der Waals surface area contributed by atoms with Crippen LogP contribution < -0.4 is 0 Å². The minimum Gasteiger partial charge on any atom is -0.472 e. The standard InChI is InChI=1S/C12H8ClIO2/c13-9-1-2-11(14)10(6-9)12(15)5-8-3-4-16-7-8/h1-4,6-7H,5H2. The molecule has 0 saturated heterocycles. The summed E-state index contributed by atoms with van der Waals surface area (Å²) in [5.74, 6) is 0.0494. The van der Waals surface area contributed by atoms with Crippen molar-refractivity contribution in [2.24, 2.45) is 0 Å². The van der Waals surface area contributed by atoms with Gasteiger partial charge in [-0.2, -0.15) is 0 Å². The molecule has 82 valence electrons. The van der Waals surface area contributed by atoms with E-state index in [9.17, 15) is 4.79 Å². The van der Waals surface area contributed by atoms with E-state index >= 15 is 0 Å². The number of furan rings is 1.